The van der Waals surface area contributed by atoms with Crippen molar-refractivity contribution in [2.75, 3.05) is 0 Å². The number of ether oxygens (including phenoxy) is 1. The second kappa shape index (κ2) is 7.56. The van der Waals surface area contributed by atoms with Crippen molar-refractivity contribution in [1.82, 2.24) is 0 Å². The minimum Gasteiger partial charge on any atom is -0.393 e. The molecule has 2 rings (SSSR count). The van der Waals surface area contributed by atoms with E-state index in [4.69, 9.17) is 4.74 Å². The topological polar surface area (TPSA) is 43.4 Å². The summed E-state index contributed by atoms with van der Waals surface area (Å²) < 4.78 is 5.20. The number of rotatable bonds is 5. The average molecular weight is 401 g/mol. The summed E-state index contributed by atoms with van der Waals surface area (Å²) in [7, 11) is 0. The van der Waals surface area contributed by atoms with Crippen molar-refractivity contribution in [2.24, 2.45) is 33.5 Å². The molecule has 0 bridgehead atoms. The van der Waals surface area contributed by atoms with Crippen LogP contribution < -0.4 is 0 Å². The fraction of sp³-hybridized carbons (Fsp3) is 0.692. The molecule has 3 nitrogen and oxygen atoms in total. The SMILES string of the molecule is CC(C)(C)CC(c1ccccc1)C(C)(C)C(C)(C)C1C(=O)OC(=O)C1C(C)(C)C. The Morgan fingerprint density at radius 1 is 0.793 bits per heavy atom. The highest BCUT2D eigenvalue weighted by Gasteiger charge is 2.61. The standard InChI is InChI=1S/C26H40O3/c1-23(2,3)16-18(17-14-12-11-13-15-17)25(7,8)26(9,10)20-19(24(4,5)6)21(27)29-22(20)28/h11-15,18-20H,16H2,1-10H3. The van der Waals surface area contributed by atoms with Crippen LogP contribution in [0.2, 0.25) is 0 Å². The van der Waals surface area contributed by atoms with Crippen molar-refractivity contribution in [3.05, 3.63) is 35.9 Å². The maximum absolute atomic E-state index is 12.9. The van der Waals surface area contributed by atoms with Gasteiger partial charge >= 0.3 is 11.9 Å². The van der Waals surface area contributed by atoms with E-state index in [1.807, 2.05) is 26.8 Å². The van der Waals surface area contributed by atoms with Crippen LogP contribution in [0.4, 0.5) is 0 Å². The highest BCUT2D eigenvalue weighted by molar-refractivity contribution is 5.97. The molecule has 3 heteroatoms. The fourth-order valence-corrected chi connectivity index (χ4v) is 5.00. The Kier molecular flexibility index (Phi) is 6.16. The lowest BCUT2D eigenvalue weighted by molar-refractivity contribution is -0.155. The Bertz CT molecular complexity index is 744. The molecule has 0 N–H and O–H groups in total. The summed E-state index contributed by atoms with van der Waals surface area (Å²) >= 11 is 0. The average Bonchev–Trinajstić information content (AvgIpc) is 2.87. The van der Waals surface area contributed by atoms with Gasteiger partial charge in [0.05, 0.1) is 11.8 Å². The van der Waals surface area contributed by atoms with Crippen LogP contribution in [-0.2, 0) is 14.3 Å². The van der Waals surface area contributed by atoms with Gasteiger partial charge in [0.1, 0.15) is 0 Å². The van der Waals surface area contributed by atoms with Gasteiger partial charge in [0.25, 0.3) is 0 Å². The number of esters is 2. The second-order valence-corrected chi connectivity index (χ2v) is 12.2. The molecule has 3 unspecified atom stereocenters. The third kappa shape index (κ3) is 4.59. The smallest absolute Gasteiger partial charge is 0.318 e. The zero-order chi connectivity index (χ0) is 22.4. The zero-order valence-electron chi connectivity index (χ0n) is 20.1. The molecule has 29 heavy (non-hydrogen) atoms. The van der Waals surface area contributed by atoms with Gasteiger partial charge in [0.2, 0.25) is 0 Å². The van der Waals surface area contributed by atoms with Gasteiger partial charge in [0.15, 0.2) is 0 Å². The van der Waals surface area contributed by atoms with Crippen LogP contribution in [0, 0.1) is 33.5 Å². The molecule has 1 aliphatic rings. The molecule has 0 spiro atoms. The fourth-order valence-electron chi connectivity index (χ4n) is 5.00. The van der Waals surface area contributed by atoms with Gasteiger partial charge in [-0.3, -0.25) is 9.59 Å². The Morgan fingerprint density at radius 2 is 1.28 bits per heavy atom. The molecule has 0 saturated carbocycles. The van der Waals surface area contributed by atoms with E-state index in [1.54, 1.807) is 0 Å². The van der Waals surface area contributed by atoms with Crippen LogP contribution in [0.25, 0.3) is 0 Å². The minimum absolute atomic E-state index is 0.128. The molecule has 1 saturated heterocycles. The van der Waals surface area contributed by atoms with E-state index >= 15 is 0 Å². The number of hydrogen-bond acceptors (Lipinski definition) is 3. The van der Waals surface area contributed by atoms with Gasteiger partial charge in [-0.2, -0.15) is 0 Å². The highest BCUT2D eigenvalue weighted by Crippen LogP contribution is 2.60. The van der Waals surface area contributed by atoms with Gasteiger partial charge in [-0.25, -0.2) is 0 Å². The van der Waals surface area contributed by atoms with Crippen LogP contribution in [0.1, 0.15) is 87.1 Å². The first-order valence-corrected chi connectivity index (χ1v) is 10.8. The molecule has 1 fully saturated rings. The molecule has 0 aromatic heterocycles. The van der Waals surface area contributed by atoms with Crippen LogP contribution in [-0.4, -0.2) is 11.9 Å². The van der Waals surface area contributed by atoms with E-state index in [2.05, 4.69) is 72.7 Å². The van der Waals surface area contributed by atoms with Crippen LogP contribution in [0.15, 0.2) is 30.3 Å². The maximum Gasteiger partial charge on any atom is 0.318 e. The first-order chi connectivity index (χ1) is 13.0. The lowest BCUT2D eigenvalue weighted by atomic mass is 9.50. The summed E-state index contributed by atoms with van der Waals surface area (Å²) in [6.07, 6.45) is 0.989. The Morgan fingerprint density at radius 3 is 1.72 bits per heavy atom. The number of carbonyl (C=O) groups excluding carboxylic acids is 2. The van der Waals surface area contributed by atoms with Crippen molar-refractivity contribution < 1.29 is 14.3 Å². The second-order valence-electron chi connectivity index (χ2n) is 12.2. The largest absolute Gasteiger partial charge is 0.393 e. The van der Waals surface area contributed by atoms with Crippen LogP contribution in [0.3, 0.4) is 0 Å². The van der Waals surface area contributed by atoms with Crippen LogP contribution >= 0.6 is 0 Å². The normalized spacial score (nSPS) is 22.6. The van der Waals surface area contributed by atoms with E-state index in [9.17, 15) is 9.59 Å². The lowest BCUT2D eigenvalue weighted by Gasteiger charge is -2.52. The van der Waals surface area contributed by atoms with Gasteiger partial charge < -0.3 is 4.74 Å². The molecule has 3 atom stereocenters. The predicted octanol–water partition coefficient (Wildman–Crippen LogP) is 6.62. The van der Waals surface area contributed by atoms with Crippen molar-refractivity contribution in [3.8, 4) is 0 Å². The number of benzene rings is 1. The Labute approximate surface area is 177 Å². The minimum atomic E-state index is -0.462. The van der Waals surface area contributed by atoms with E-state index in [0.29, 0.717) is 0 Å². The van der Waals surface area contributed by atoms with Gasteiger partial charge in [-0.1, -0.05) is 99.6 Å². The van der Waals surface area contributed by atoms with Crippen molar-refractivity contribution >= 4 is 11.9 Å². The van der Waals surface area contributed by atoms with E-state index in [1.165, 1.54) is 5.56 Å². The zero-order valence-corrected chi connectivity index (χ0v) is 20.1. The van der Waals surface area contributed by atoms with Gasteiger partial charge in [-0.05, 0) is 39.6 Å². The third-order valence-electron chi connectivity index (χ3n) is 7.30. The van der Waals surface area contributed by atoms with Crippen LogP contribution in [0.5, 0.6) is 0 Å². The predicted molar refractivity (Wildman–Crippen MR) is 118 cm³/mol. The summed E-state index contributed by atoms with van der Waals surface area (Å²) in [6, 6.07) is 10.6. The molecule has 1 aromatic carbocycles. The molecule has 1 aliphatic heterocycles. The maximum atomic E-state index is 12.9. The van der Waals surface area contributed by atoms with Gasteiger partial charge in [-0.15, -0.1) is 0 Å². The van der Waals surface area contributed by atoms with Crippen molar-refractivity contribution in [1.29, 1.82) is 0 Å². The summed E-state index contributed by atoms with van der Waals surface area (Å²) in [5, 5.41) is 0. The molecule has 1 aromatic rings. The van der Waals surface area contributed by atoms with Crippen molar-refractivity contribution in [2.45, 2.75) is 81.6 Å². The molecule has 0 aliphatic carbocycles. The summed E-state index contributed by atoms with van der Waals surface area (Å²) in [4.78, 5) is 25.6. The Hall–Kier alpha value is -1.64. The molecular formula is C26H40O3. The molecule has 0 radical (unpaired) electrons. The van der Waals surface area contributed by atoms with E-state index < -0.39 is 17.3 Å². The monoisotopic (exact) mass is 400 g/mol. The van der Waals surface area contributed by atoms with Gasteiger partial charge in [0, 0.05) is 0 Å². The first kappa shape index (κ1) is 23.6. The number of carbonyl (C=O) groups is 2. The Balaban J connectivity index is 2.59. The number of hydrogen-bond donors (Lipinski definition) is 0. The van der Waals surface area contributed by atoms with E-state index in [-0.39, 0.29) is 34.1 Å². The third-order valence-corrected chi connectivity index (χ3v) is 7.30. The molecule has 162 valence electrons. The van der Waals surface area contributed by atoms with E-state index in [0.717, 1.165) is 6.42 Å². The molecule has 1 heterocycles. The quantitative estimate of drug-likeness (QED) is 0.412. The van der Waals surface area contributed by atoms with Crippen molar-refractivity contribution in [3.63, 3.8) is 0 Å². The highest BCUT2D eigenvalue weighted by atomic mass is 16.6. The summed E-state index contributed by atoms with van der Waals surface area (Å²) in [5.41, 5.74) is 0.376. The molecule has 0 amide bonds. The number of cyclic esters (lactones) is 2. The summed E-state index contributed by atoms with van der Waals surface area (Å²) in [5.74, 6) is -1.40. The molecular weight excluding hydrogens is 360 g/mol. The first-order valence-electron chi connectivity index (χ1n) is 10.8. The summed E-state index contributed by atoms with van der Waals surface area (Å²) in [6.45, 7) is 21.7. The lowest BCUT2D eigenvalue weighted by Crippen LogP contribution is -2.49.